The highest BCUT2D eigenvalue weighted by Crippen LogP contribution is 2.22. The van der Waals surface area contributed by atoms with Gasteiger partial charge in [0.15, 0.2) is 11.6 Å². The van der Waals surface area contributed by atoms with Gasteiger partial charge in [0.05, 0.1) is 12.7 Å². The average molecular weight is 184 g/mol. The van der Waals surface area contributed by atoms with Crippen molar-refractivity contribution in [3.63, 3.8) is 0 Å². The normalized spacial score (nSPS) is 9.46. The monoisotopic (exact) mass is 184 g/mol. The fourth-order valence-corrected chi connectivity index (χ4v) is 0.959. The maximum atomic E-state index is 13.0. The van der Waals surface area contributed by atoms with Crippen LogP contribution in [0.15, 0.2) is 18.2 Å². The molecule has 1 aromatic rings. The van der Waals surface area contributed by atoms with Gasteiger partial charge in [-0.2, -0.15) is 5.90 Å². The Morgan fingerprint density at radius 3 is 2.77 bits per heavy atom. The Kier molecular flexibility index (Phi) is 2.81. The Morgan fingerprint density at radius 1 is 1.54 bits per heavy atom. The van der Waals surface area contributed by atoms with Crippen molar-refractivity contribution in [2.45, 2.75) is 0 Å². The zero-order valence-corrected chi connectivity index (χ0v) is 7.00. The van der Waals surface area contributed by atoms with E-state index < -0.39 is 5.82 Å². The molecule has 3 N–H and O–H groups in total. The number of hydrogen-bond donors (Lipinski definition) is 2. The number of ether oxygens (including phenoxy) is 1. The largest absolute Gasteiger partial charge is 0.493 e. The lowest BCUT2D eigenvalue weighted by Crippen LogP contribution is -2.12. The summed E-state index contributed by atoms with van der Waals surface area (Å²) in [6.45, 7) is 0. The van der Waals surface area contributed by atoms with Gasteiger partial charge in [0.2, 0.25) is 5.90 Å². The van der Waals surface area contributed by atoms with E-state index in [1.54, 1.807) is 0 Å². The fourth-order valence-electron chi connectivity index (χ4n) is 0.959. The third-order valence-electron chi connectivity index (χ3n) is 1.53. The van der Waals surface area contributed by atoms with Gasteiger partial charge in [-0.25, -0.2) is 4.39 Å². The molecule has 0 aliphatic rings. The molecule has 0 aliphatic heterocycles. The number of nitrogens with two attached hydrogens (primary N) is 1. The molecule has 0 fully saturated rings. The van der Waals surface area contributed by atoms with Gasteiger partial charge in [-0.3, -0.25) is 5.41 Å². The van der Waals surface area contributed by atoms with E-state index in [1.165, 1.54) is 25.3 Å². The number of hydrogen-bond acceptors (Lipinski definition) is 4. The number of benzene rings is 1. The molecule has 0 aromatic heterocycles. The molecule has 1 aromatic carbocycles. The third kappa shape index (κ3) is 1.75. The zero-order valence-electron chi connectivity index (χ0n) is 7.00. The van der Waals surface area contributed by atoms with E-state index in [-0.39, 0.29) is 17.2 Å². The predicted octanol–water partition coefficient (Wildman–Crippen LogP) is 1.05. The summed E-state index contributed by atoms with van der Waals surface area (Å²) in [5.41, 5.74) is 0.185. The lowest BCUT2D eigenvalue weighted by Gasteiger charge is -2.07. The first-order valence-electron chi connectivity index (χ1n) is 3.49. The second kappa shape index (κ2) is 3.86. The van der Waals surface area contributed by atoms with Crippen molar-refractivity contribution >= 4 is 5.90 Å². The van der Waals surface area contributed by atoms with Crippen LogP contribution in [0.5, 0.6) is 5.75 Å². The Hall–Kier alpha value is -1.62. The predicted molar refractivity (Wildman–Crippen MR) is 45.1 cm³/mol. The Morgan fingerprint density at radius 2 is 2.23 bits per heavy atom. The van der Waals surface area contributed by atoms with Crippen molar-refractivity contribution < 1.29 is 14.0 Å². The van der Waals surface area contributed by atoms with E-state index >= 15 is 0 Å². The summed E-state index contributed by atoms with van der Waals surface area (Å²) in [5.74, 6) is 3.84. The van der Waals surface area contributed by atoms with Gasteiger partial charge < -0.3 is 9.57 Å². The van der Waals surface area contributed by atoms with Crippen molar-refractivity contribution in [3.8, 4) is 5.75 Å². The van der Waals surface area contributed by atoms with Crippen LogP contribution in [0, 0.1) is 11.2 Å². The molecule has 0 saturated heterocycles. The van der Waals surface area contributed by atoms with Gasteiger partial charge in [0.25, 0.3) is 0 Å². The first kappa shape index (κ1) is 9.47. The molecule has 0 unspecified atom stereocenters. The summed E-state index contributed by atoms with van der Waals surface area (Å²) in [4.78, 5) is 4.17. The van der Waals surface area contributed by atoms with Crippen molar-refractivity contribution in [2.24, 2.45) is 5.90 Å². The van der Waals surface area contributed by atoms with Crippen LogP contribution in [0.1, 0.15) is 5.56 Å². The second-order valence-electron chi connectivity index (χ2n) is 2.27. The van der Waals surface area contributed by atoms with Crippen LogP contribution < -0.4 is 10.6 Å². The molecular weight excluding hydrogens is 175 g/mol. The Labute approximate surface area is 74.5 Å². The standard InChI is InChI=1S/C8H9FN2O2/c1-12-7-5(8(10)13-11)3-2-4-6(7)9/h2-4,10H,11H2,1H3. The second-order valence-corrected chi connectivity index (χ2v) is 2.27. The maximum Gasteiger partial charge on any atom is 0.241 e. The summed E-state index contributed by atoms with van der Waals surface area (Å²) in [6, 6.07) is 4.16. The van der Waals surface area contributed by atoms with E-state index in [9.17, 15) is 4.39 Å². The van der Waals surface area contributed by atoms with E-state index in [4.69, 9.17) is 16.0 Å². The molecule has 0 saturated carbocycles. The summed E-state index contributed by atoms with van der Waals surface area (Å²) >= 11 is 0. The molecule has 4 nitrogen and oxygen atoms in total. The van der Waals surface area contributed by atoms with Crippen molar-refractivity contribution in [2.75, 3.05) is 7.11 Å². The molecule has 0 aliphatic carbocycles. The lowest BCUT2D eigenvalue weighted by atomic mass is 10.2. The van der Waals surface area contributed by atoms with Crippen LogP contribution in [0.3, 0.4) is 0 Å². The van der Waals surface area contributed by atoms with Crippen molar-refractivity contribution in [1.82, 2.24) is 0 Å². The molecule has 0 bridgehead atoms. The third-order valence-corrected chi connectivity index (χ3v) is 1.53. The Balaban J connectivity index is 3.20. The lowest BCUT2D eigenvalue weighted by molar-refractivity contribution is 0.315. The van der Waals surface area contributed by atoms with Gasteiger partial charge in [0, 0.05) is 0 Å². The van der Waals surface area contributed by atoms with Crippen LogP contribution >= 0.6 is 0 Å². The number of halogens is 1. The van der Waals surface area contributed by atoms with Gasteiger partial charge >= 0.3 is 0 Å². The molecular formula is C8H9FN2O2. The van der Waals surface area contributed by atoms with E-state index in [0.717, 1.165) is 0 Å². The SMILES string of the molecule is COc1c(F)cccc1C(=N)ON. The minimum absolute atomic E-state index is 0.0436. The number of para-hydroxylation sites is 1. The fraction of sp³-hybridized carbons (Fsp3) is 0.125. The summed E-state index contributed by atoms with van der Waals surface area (Å²) in [5, 5.41) is 7.23. The first-order valence-corrected chi connectivity index (χ1v) is 3.49. The summed E-state index contributed by atoms with van der Waals surface area (Å²) in [7, 11) is 1.31. The van der Waals surface area contributed by atoms with Crippen molar-refractivity contribution in [1.29, 1.82) is 5.41 Å². The van der Waals surface area contributed by atoms with Crippen LogP contribution in [-0.4, -0.2) is 13.0 Å². The molecule has 1 rings (SSSR count). The van der Waals surface area contributed by atoms with Crippen LogP contribution in [-0.2, 0) is 4.84 Å². The van der Waals surface area contributed by atoms with E-state index in [2.05, 4.69) is 4.84 Å². The maximum absolute atomic E-state index is 13.0. The number of nitrogens with one attached hydrogen (secondary N) is 1. The van der Waals surface area contributed by atoms with Crippen molar-refractivity contribution in [3.05, 3.63) is 29.6 Å². The molecule has 0 atom stereocenters. The van der Waals surface area contributed by atoms with Crippen LogP contribution in [0.25, 0.3) is 0 Å². The molecule has 0 spiro atoms. The van der Waals surface area contributed by atoms with E-state index in [0.29, 0.717) is 0 Å². The smallest absolute Gasteiger partial charge is 0.241 e. The highest BCUT2D eigenvalue weighted by Gasteiger charge is 2.13. The van der Waals surface area contributed by atoms with E-state index in [1.807, 2.05) is 0 Å². The summed E-state index contributed by atoms with van der Waals surface area (Å²) in [6.07, 6.45) is 0. The van der Waals surface area contributed by atoms with Gasteiger partial charge in [-0.05, 0) is 12.1 Å². The number of rotatable bonds is 2. The average Bonchev–Trinajstić information content (AvgIpc) is 2.16. The van der Waals surface area contributed by atoms with Gasteiger partial charge in [-0.1, -0.05) is 6.07 Å². The molecule has 0 amide bonds. The molecule has 5 heteroatoms. The van der Waals surface area contributed by atoms with Gasteiger partial charge in [-0.15, -0.1) is 0 Å². The molecule has 0 heterocycles. The highest BCUT2D eigenvalue weighted by atomic mass is 19.1. The highest BCUT2D eigenvalue weighted by molar-refractivity contribution is 5.94. The Bertz CT molecular complexity index is 328. The molecule has 70 valence electrons. The zero-order chi connectivity index (χ0) is 9.84. The van der Waals surface area contributed by atoms with Gasteiger partial charge in [0.1, 0.15) is 0 Å². The minimum atomic E-state index is -0.554. The minimum Gasteiger partial charge on any atom is -0.493 e. The summed E-state index contributed by atoms with van der Waals surface area (Å²) < 4.78 is 17.8. The molecule has 13 heavy (non-hydrogen) atoms. The number of methoxy groups -OCH3 is 1. The van der Waals surface area contributed by atoms with Crippen LogP contribution in [0.4, 0.5) is 4.39 Å². The molecule has 0 radical (unpaired) electrons. The quantitative estimate of drug-likeness (QED) is 0.410. The first-order chi connectivity index (χ1) is 6.20. The van der Waals surface area contributed by atoms with Crippen LogP contribution in [0.2, 0.25) is 0 Å². The topological polar surface area (TPSA) is 68.3 Å².